The van der Waals surface area contributed by atoms with Crippen molar-refractivity contribution in [1.82, 2.24) is 5.32 Å². The Balaban J connectivity index is 2.38. The monoisotopic (exact) mass is 302 g/mol. The fourth-order valence-electron chi connectivity index (χ4n) is 2.17. The molecule has 2 N–H and O–H groups in total. The summed E-state index contributed by atoms with van der Waals surface area (Å²) in [5.41, 5.74) is -1.24. The summed E-state index contributed by atoms with van der Waals surface area (Å²) in [6, 6.07) is 2.61. The number of halogens is 3. The van der Waals surface area contributed by atoms with Crippen LogP contribution in [-0.2, 0) is 11.0 Å². The van der Waals surface area contributed by atoms with Crippen molar-refractivity contribution in [2.24, 2.45) is 0 Å². The molecule has 1 heterocycles. The molecule has 1 fully saturated rings. The van der Waals surface area contributed by atoms with Gasteiger partial charge in [-0.3, -0.25) is 4.79 Å². The van der Waals surface area contributed by atoms with Crippen LogP contribution in [0.3, 0.4) is 0 Å². The minimum absolute atomic E-state index is 0.165. The number of nitrogens with one attached hydrogen (secondary N) is 1. The molecule has 8 heteroatoms. The maximum Gasteiger partial charge on any atom is 0.416 e. The van der Waals surface area contributed by atoms with Crippen LogP contribution in [0.25, 0.3) is 0 Å². The van der Waals surface area contributed by atoms with Crippen molar-refractivity contribution < 1.29 is 27.9 Å². The lowest BCUT2D eigenvalue weighted by Gasteiger charge is -2.24. The third-order valence-corrected chi connectivity index (χ3v) is 3.21. The summed E-state index contributed by atoms with van der Waals surface area (Å²) in [5, 5.41) is 11.8. The van der Waals surface area contributed by atoms with Gasteiger partial charge in [-0.25, -0.2) is 4.79 Å². The van der Waals surface area contributed by atoms with Crippen LogP contribution in [0.1, 0.15) is 22.3 Å². The third kappa shape index (κ3) is 3.45. The van der Waals surface area contributed by atoms with Crippen LogP contribution in [0.5, 0.6) is 0 Å². The molecule has 0 bridgehead atoms. The molecule has 5 nitrogen and oxygen atoms in total. The number of benzene rings is 1. The van der Waals surface area contributed by atoms with Crippen LogP contribution >= 0.6 is 0 Å². The van der Waals surface area contributed by atoms with Crippen molar-refractivity contribution in [3.63, 3.8) is 0 Å². The number of aromatic carboxylic acids is 1. The number of hydrogen-bond donors (Lipinski definition) is 2. The lowest BCUT2D eigenvalue weighted by molar-refractivity contribution is -0.137. The Hall–Kier alpha value is -2.25. The van der Waals surface area contributed by atoms with Crippen LogP contribution in [0.4, 0.5) is 18.9 Å². The summed E-state index contributed by atoms with van der Waals surface area (Å²) in [5.74, 6) is -1.60. The van der Waals surface area contributed by atoms with Crippen LogP contribution in [0.2, 0.25) is 0 Å². The maximum absolute atomic E-state index is 12.7. The highest BCUT2D eigenvalue weighted by Crippen LogP contribution is 2.33. The van der Waals surface area contributed by atoms with E-state index in [9.17, 15) is 22.8 Å². The van der Waals surface area contributed by atoms with Gasteiger partial charge in [0.2, 0.25) is 5.91 Å². The van der Waals surface area contributed by atoms with Crippen molar-refractivity contribution in [2.75, 3.05) is 24.5 Å². The molecule has 1 aliphatic rings. The van der Waals surface area contributed by atoms with E-state index in [2.05, 4.69) is 5.32 Å². The number of anilines is 1. The van der Waals surface area contributed by atoms with Crippen molar-refractivity contribution in [2.45, 2.75) is 12.6 Å². The second kappa shape index (κ2) is 5.63. The quantitative estimate of drug-likeness (QED) is 0.873. The molecule has 0 unspecified atom stereocenters. The molecule has 0 spiro atoms. The number of carbonyl (C=O) groups is 2. The van der Waals surface area contributed by atoms with Gasteiger partial charge >= 0.3 is 12.1 Å². The lowest BCUT2D eigenvalue weighted by atomic mass is 10.1. The van der Waals surface area contributed by atoms with E-state index < -0.39 is 23.3 Å². The van der Waals surface area contributed by atoms with E-state index in [1.165, 1.54) is 0 Å². The van der Waals surface area contributed by atoms with E-state index in [1.54, 1.807) is 4.90 Å². The van der Waals surface area contributed by atoms with Gasteiger partial charge in [0.1, 0.15) is 0 Å². The number of carboxylic acids is 1. The zero-order valence-corrected chi connectivity index (χ0v) is 10.9. The van der Waals surface area contributed by atoms with Gasteiger partial charge in [-0.15, -0.1) is 0 Å². The van der Waals surface area contributed by atoms with Gasteiger partial charge in [0.25, 0.3) is 0 Å². The summed E-state index contributed by atoms with van der Waals surface area (Å²) in [4.78, 5) is 24.1. The summed E-state index contributed by atoms with van der Waals surface area (Å²) >= 11 is 0. The summed E-state index contributed by atoms with van der Waals surface area (Å²) in [6.07, 6.45) is -4.43. The minimum Gasteiger partial charge on any atom is -0.478 e. The Morgan fingerprint density at radius 3 is 2.62 bits per heavy atom. The zero-order valence-electron chi connectivity index (χ0n) is 10.9. The van der Waals surface area contributed by atoms with Crippen molar-refractivity contribution in [3.05, 3.63) is 29.3 Å². The summed E-state index contributed by atoms with van der Waals surface area (Å²) < 4.78 is 38.0. The van der Waals surface area contributed by atoms with Crippen molar-refractivity contribution in [1.29, 1.82) is 0 Å². The summed E-state index contributed by atoms with van der Waals surface area (Å²) in [6.45, 7) is 0.924. The molecule has 0 radical (unpaired) electrons. The normalized spacial score (nSPS) is 16.3. The van der Waals surface area contributed by atoms with Gasteiger partial charge in [0.05, 0.1) is 16.8 Å². The van der Waals surface area contributed by atoms with Crippen LogP contribution in [0.15, 0.2) is 18.2 Å². The number of carboxylic acid groups (broad SMARTS) is 1. The van der Waals surface area contributed by atoms with E-state index in [0.29, 0.717) is 19.2 Å². The molecule has 1 saturated heterocycles. The topological polar surface area (TPSA) is 69.6 Å². The number of nitrogens with zero attached hydrogens (tertiary/aromatic N) is 1. The summed E-state index contributed by atoms with van der Waals surface area (Å²) in [7, 11) is 0. The molecule has 114 valence electrons. The molecule has 1 aromatic carbocycles. The Labute approximate surface area is 118 Å². The highest BCUT2D eigenvalue weighted by Gasteiger charge is 2.32. The average Bonchev–Trinajstić information content (AvgIpc) is 2.61. The Morgan fingerprint density at radius 1 is 1.29 bits per heavy atom. The standard InChI is InChI=1S/C13H13F3N2O3/c14-13(15,16)8-1-2-10(9(7-8)12(20)21)18-5-3-11(19)17-4-6-18/h1-2,7H,3-6H2,(H,17,19)(H,20,21). The van der Waals surface area contributed by atoms with Crippen LogP contribution in [-0.4, -0.2) is 36.6 Å². The maximum atomic E-state index is 12.7. The van der Waals surface area contributed by atoms with Crippen LogP contribution in [0, 0.1) is 0 Å². The SMILES string of the molecule is O=C1CCN(c2ccc(C(F)(F)F)cc2C(=O)O)CCN1. The molecular formula is C13H13F3N2O3. The fourth-order valence-corrected chi connectivity index (χ4v) is 2.17. The third-order valence-electron chi connectivity index (χ3n) is 3.21. The molecule has 21 heavy (non-hydrogen) atoms. The van der Waals surface area contributed by atoms with Crippen molar-refractivity contribution in [3.8, 4) is 0 Å². The number of alkyl halides is 3. The largest absolute Gasteiger partial charge is 0.478 e. The van der Waals surface area contributed by atoms with Gasteiger partial charge in [0.15, 0.2) is 0 Å². The predicted molar refractivity (Wildman–Crippen MR) is 68.2 cm³/mol. The first kappa shape index (κ1) is 15.1. The van der Waals surface area contributed by atoms with E-state index >= 15 is 0 Å². The molecule has 0 aromatic heterocycles. The highest BCUT2D eigenvalue weighted by molar-refractivity contribution is 5.95. The molecule has 1 amide bonds. The van der Waals surface area contributed by atoms with Crippen molar-refractivity contribution >= 4 is 17.6 Å². The van der Waals surface area contributed by atoms with E-state index in [-0.39, 0.29) is 24.6 Å². The van der Waals surface area contributed by atoms with Gasteiger partial charge < -0.3 is 15.3 Å². The molecule has 2 rings (SSSR count). The van der Waals surface area contributed by atoms with Gasteiger partial charge in [0, 0.05) is 26.1 Å². The first-order valence-corrected chi connectivity index (χ1v) is 6.25. The van der Waals surface area contributed by atoms with E-state index in [1.807, 2.05) is 0 Å². The average molecular weight is 302 g/mol. The molecule has 1 aromatic rings. The molecule has 0 saturated carbocycles. The molecule has 0 aliphatic carbocycles. The number of amides is 1. The highest BCUT2D eigenvalue weighted by atomic mass is 19.4. The van der Waals surface area contributed by atoms with E-state index in [0.717, 1.165) is 12.1 Å². The Bertz CT molecular complexity index is 572. The molecular weight excluding hydrogens is 289 g/mol. The number of rotatable bonds is 2. The molecule has 1 aliphatic heterocycles. The second-order valence-corrected chi connectivity index (χ2v) is 4.62. The minimum atomic E-state index is -4.60. The Kier molecular flexibility index (Phi) is 4.06. The number of hydrogen-bond acceptors (Lipinski definition) is 3. The van der Waals surface area contributed by atoms with Crippen LogP contribution < -0.4 is 10.2 Å². The first-order valence-electron chi connectivity index (χ1n) is 6.25. The zero-order chi connectivity index (χ0) is 15.6. The van der Waals surface area contributed by atoms with E-state index in [4.69, 9.17) is 5.11 Å². The smallest absolute Gasteiger partial charge is 0.416 e. The van der Waals surface area contributed by atoms with Gasteiger partial charge in [-0.1, -0.05) is 0 Å². The van der Waals surface area contributed by atoms with Gasteiger partial charge in [-0.05, 0) is 18.2 Å². The predicted octanol–water partition coefficient (Wildman–Crippen LogP) is 1.73. The fraction of sp³-hybridized carbons (Fsp3) is 0.385. The second-order valence-electron chi connectivity index (χ2n) is 4.62. The van der Waals surface area contributed by atoms with Gasteiger partial charge in [-0.2, -0.15) is 13.2 Å². The lowest BCUT2D eigenvalue weighted by Crippen LogP contribution is -2.29. The first-order chi connectivity index (χ1) is 9.79. The molecule has 0 atom stereocenters. The number of carbonyl (C=O) groups excluding carboxylic acids is 1. The Morgan fingerprint density at radius 2 is 2.00 bits per heavy atom.